The van der Waals surface area contributed by atoms with Crippen molar-refractivity contribution in [2.75, 3.05) is 13.1 Å². The second-order valence-electron chi connectivity index (χ2n) is 3.50. The molecule has 1 rings (SSSR count). The number of amides is 1. The molecule has 0 radical (unpaired) electrons. The lowest BCUT2D eigenvalue weighted by atomic mass is 10.3. The number of nitrogens with one attached hydrogen (secondary N) is 2. The van der Waals surface area contributed by atoms with Gasteiger partial charge in [0, 0.05) is 24.5 Å². The number of rotatable bonds is 5. The first kappa shape index (κ1) is 12.9. The smallest absolute Gasteiger partial charge is 0.252 e. The van der Waals surface area contributed by atoms with Crippen LogP contribution < -0.4 is 10.6 Å². The number of thiophene rings is 1. The molecule has 2 N–H and O–H groups in total. The Kier molecular flexibility index (Phi) is 5.55. The van der Waals surface area contributed by atoms with E-state index in [1.165, 1.54) is 0 Å². The minimum atomic E-state index is 0.0136. The molecule has 1 amide bonds. The van der Waals surface area contributed by atoms with Gasteiger partial charge in [0.2, 0.25) is 0 Å². The van der Waals surface area contributed by atoms with E-state index < -0.39 is 0 Å². The first-order valence-corrected chi connectivity index (χ1v) is 6.81. The third kappa shape index (κ3) is 4.94. The molecule has 0 aromatic carbocycles. The lowest BCUT2D eigenvalue weighted by Crippen LogP contribution is -2.34. The number of halogens is 1. The summed E-state index contributed by atoms with van der Waals surface area (Å²) in [5.41, 5.74) is 0.758. The molecule has 3 nitrogen and oxygen atoms in total. The van der Waals surface area contributed by atoms with Crippen LogP contribution in [-0.4, -0.2) is 25.0 Å². The predicted molar refractivity (Wildman–Crippen MR) is 72.5 cm³/mol. The number of carbonyl (C=O) groups is 1. The van der Waals surface area contributed by atoms with Crippen LogP contribution in [0.2, 0.25) is 0 Å². The lowest BCUT2D eigenvalue weighted by Gasteiger charge is -2.08. The van der Waals surface area contributed by atoms with E-state index in [-0.39, 0.29) is 5.91 Å². The van der Waals surface area contributed by atoms with Gasteiger partial charge in [-0.1, -0.05) is 13.8 Å². The van der Waals surface area contributed by atoms with Crippen molar-refractivity contribution in [3.63, 3.8) is 0 Å². The third-order valence-electron chi connectivity index (χ3n) is 1.79. The summed E-state index contributed by atoms with van der Waals surface area (Å²) in [7, 11) is 0. The maximum absolute atomic E-state index is 11.6. The standard InChI is InChI=1S/C10H15IN2OS/c1-7(2)12-3-4-13-10(14)8-5-9(11)15-6-8/h5-7,12H,3-4H2,1-2H3,(H,13,14). The summed E-state index contributed by atoms with van der Waals surface area (Å²) in [4.78, 5) is 11.6. The number of carbonyl (C=O) groups excluding carboxylic acids is 1. The van der Waals surface area contributed by atoms with Crippen LogP contribution in [-0.2, 0) is 0 Å². The minimum Gasteiger partial charge on any atom is -0.351 e. The molecule has 0 atom stereocenters. The van der Waals surface area contributed by atoms with E-state index in [9.17, 15) is 4.79 Å². The molecule has 0 bridgehead atoms. The van der Waals surface area contributed by atoms with Crippen LogP contribution in [0.3, 0.4) is 0 Å². The quantitative estimate of drug-likeness (QED) is 0.638. The van der Waals surface area contributed by atoms with Gasteiger partial charge in [0.05, 0.1) is 8.45 Å². The summed E-state index contributed by atoms with van der Waals surface area (Å²) >= 11 is 3.80. The molecule has 0 saturated heterocycles. The van der Waals surface area contributed by atoms with Gasteiger partial charge in [-0.3, -0.25) is 4.79 Å². The fraction of sp³-hybridized carbons (Fsp3) is 0.500. The van der Waals surface area contributed by atoms with Crippen molar-refractivity contribution in [1.29, 1.82) is 0 Å². The van der Waals surface area contributed by atoms with Crippen LogP contribution >= 0.6 is 33.9 Å². The second kappa shape index (κ2) is 6.44. The van der Waals surface area contributed by atoms with Crippen molar-refractivity contribution in [1.82, 2.24) is 10.6 Å². The molecule has 0 saturated carbocycles. The molecular formula is C10H15IN2OS. The zero-order valence-electron chi connectivity index (χ0n) is 8.84. The molecule has 0 aliphatic heterocycles. The van der Waals surface area contributed by atoms with Crippen LogP contribution in [0.1, 0.15) is 24.2 Å². The van der Waals surface area contributed by atoms with Gasteiger partial charge in [-0.2, -0.15) is 0 Å². The van der Waals surface area contributed by atoms with E-state index in [0.717, 1.165) is 15.0 Å². The Labute approximate surface area is 108 Å². The van der Waals surface area contributed by atoms with Crippen LogP contribution in [0.4, 0.5) is 0 Å². The highest BCUT2D eigenvalue weighted by Gasteiger charge is 2.06. The fourth-order valence-electron chi connectivity index (χ4n) is 1.07. The maximum Gasteiger partial charge on any atom is 0.252 e. The average Bonchev–Trinajstić information content (AvgIpc) is 2.59. The monoisotopic (exact) mass is 338 g/mol. The Balaban J connectivity index is 2.25. The summed E-state index contributed by atoms with van der Waals surface area (Å²) in [6.07, 6.45) is 0. The van der Waals surface area contributed by atoms with Gasteiger partial charge < -0.3 is 10.6 Å². The molecule has 0 aliphatic rings. The van der Waals surface area contributed by atoms with Crippen LogP contribution in [0, 0.1) is 2.88 Å². The van der Waals surface area contributed by atoms with E-state index in [0.29, 0.717) is 12.6 Å². The highest BCUT2D eigenvalue weighted by molar-refractivity contribution is 14.1. The van der Waals surface area contributed by atoms with Crippen molar-refractivity contribution >= 4 is 39.8 Å². The second-order valence-corrected chi connectivity index (χ2v) is 6.31. The zero-order chi connectivity index (χ0) is 11.3. The topological polar surface area (TPSA) is 41.1 Å². The highest BCUT2D eigenvalue weighted by atomic mass is 127. The van der Waals surface area contributed by atoms with Crippen LogP contribution in [0.25, 0.3) is 0 Å². The summed E-state index contributed by atoms with van der Waals surface area (Å²) in [6, 6.07) is 2.36. The normalized spacial score (nSPS) is 10.7. The molecule has 15 heavy (non-hydrogen) atoms. The van der Waals surface area contributed by atoms with E-state index in [2.05, 4.69) is 47.1 Å². The van der Waals surface area contributed by atoms with E-state index in [1.54, 1.807) is 11.3 Å². The molecule has 5 heteroatoms. The number of hydrogen-bond acceptors (Lipinski definition) is 3. The van der Waals surface area contributed by atoms with E-state index in [4.69, 9.17) is 0 Å². The molecule has 1 heterocycles. The van der Waals surface area contributed by atoms with Gasteiger partial charge in [0.15, 0.2) is 0 Å². The molecule has 1 aromatic rings. The first-order chi connectivity index (χ1) is 7.09. The highest BCUT2D eigenvalue weighted by Crippen LogP contribution is 2.16. The van der Waals surface area contributed by atoms with Crippen molar-refractivity contribution in [2.45, 2.75) is 19.9 Å². The average molecular weight is 338 g/mol. The molecule has 0 unspecified atom stereocenters. The molecular weight excluding hydrogens is 323 g/mol. The zero-order valence-corrected chi connectivity index (χ0v) is 11.8. The third-order valence-corrected chi connectivity index (χ3v) is 3.58. The summed E-state index contributed by atoms with van der Waals surface area (Å²) < 4.78 is 1.14. The van der Waals surface area contributed by atoms with Crippen LogP contribution in [0.15, 0.2) is 11.4 Å². The van der Waals surface area contributed by atoms with Gasteiger partial charge in [-0.15, -0.1) is 11.3 Å². The predicted octanol–water partition coefficient (Wildman–Crippen LogP) is 2.08. The van der Waals surface area contributed by atoms with Crippen molar-refractivity contribution < 1.29 is 4.79 Å². The SMILES string of the molecule is CC(C)NCCNC(=O)c1csc(I)c1. The van der Waals surface area contributed by atoms with Gasteiger partial charge in [-0.25, -0.2) is 0 Å². The maximum atomic E-state index is 11.6. The van der Waals surface area contributed by atoms with Gasteiger partial charge in [-0.05, 0) is 28.7 Å². The van der Waals surface area contributed by atoms with Crippen molar-refractivity contribution in [3.05, 3.63) is 19.9 Å². The Bertz CT molecular complexity index is 325. The van der Waals surface area contributed by atoms with E-state index in [1.807, 2.05) is 11.4 Å². The summed E-state index contributed by atoms with van der Waals surface area (Å²) in [5, 5.41) is 8.00. The summed E-state index contributed by atoms with van der Waals surface area (Å²) in [5.74, 6) is 0.0136. The van der Waals surface area contributed by atoms with E-state index >= 15 is 0 Å². The molecule has 0 spiro atoms. The number of hydrogen-bond donors (Lipinski definition) is 2. The lowest BCUT2D eigenvalue weighted by molar-refractivity contribution is 0.0954. The largest absolute Gasteiger partial charge is 0.351 e. The van der Waals surface area contributed by atoms with Crippen molar-refractivity contribution in [3.8, 4) is 0 Å². The van der Waals surface area contributed by atoms with Crippen molar-refractivity contribution in [2.24, 2.45) is 0 Å². The Hall–Kier alpha value is -0.140. The van der Waals surface area contributed by atoms with Gasteiger partial charge in [0.1, 0.15) is 0 Å². The summed E-state index contributed by atoms with van der Waals surface area (Å²) in [6.45, 7) is 5.65. The molecule has 0 fully saturated rings. The first-order valence-electron chi connectivity index (χ1n) is 4.85. The van der Waals surface area contributed by atoms with Crippen LogP contribution in [0.5, 0.6) is 0 Å². The Morgan fingerprint density at radius 3 is 2.80 bits per heavy atom. The Morgan fingerprint density at radius 2 is 2.27 bits per heavy atom. The minimum absolute atomic E-state index is 0.0136. The molecule has 1 aromatic heterocycles. The van der Waals surface area contributed by atoms with Gasteiger partial charge in [0.25, 0.3) is 5.91 Å². The Morgan fingerprint density at radius 1 is 1.53 bits per heavy atom. The van der Waals surface area contributed by atoms with Gasteiger partial charge >= 0.3 is 0 Å². The molecule has 84 valence electrons. The molecule has 0 aliphatic carbocycles. The fourth-order valence-corrected chi connectivity index (χ4v) is 2.39.